The lowest BCUT2D eigenvalue weighted by Gasteiger charge is -2.26. The van der Waals surface area contributed by atoms with Crippen LogP contribution in [0.4, 0.5) is 5.69 Å². The van der Waals surface area contributed by atoms with E-state index in [1.807, 2.05) is 42.6 Å². The van der Waals surface area contributed by atoms with E-state index in [4.69, 9.17) is 4.74 Å². The standard InChI is InChI=1S/C25H29N3O3/c1-19-5-2-3-6-20(19)9-10-24(29)26-23-8-4-7-22-21(23)11-12-28(25(22)30)14-13-27-15-17-31-18-16-27/h2-8,11-12H,9-10,13-18H2,1H3,(H,26,29). The van der Waals surface area contributed by atoms with Crippen molar-refractivity contribution < 1.29 is 9.53 Å². The smallest absolute Gasteiger partial charge is 0.258 e. The Morgan fingerprint density at radius 3 is 2.61 bits per heavy atom. The van der Waals surface area contributed by atoms with Gasteiger partial charge in [-0.25, -0.2) is 0 Å². The molecule has 31 heavy (non-hydrogen) atoms. The maximum absolute atomic E-state index is 13.0. The molecule has 1 aliphatic rings. The van der Waals surface area contributed by atoms with Crippen LogP contribution >= 0.6 is 0 Å². The van der Waals surface area contributed by atoms with Crippen molar-refractivity contribution in [1.82, 2.24) is 9.47 Å². The minimum atomic E-state index is -0.0488. The van der Waals surface area contributed by atoms with Gasteiger partial charge >= 0.3 is 0 Å². The van der Waals surface area contributed by atoms with Gasteiger partial charge in [0.05, 0.1) is 13.2 Å². The number of carbonyl (C=O) groups is 1. The van der Waals surface area contributed by atoms with Crippen molar-refractivity contribution >= 4 is 22.4 Å². The monoisotopic (exact) mass is 419 g/mol. The Kier molecular flexibility index (Phi) is 6.79. The SMILES string of the molecule is Cc1ccccc1CCC(=O)Nc1cccc2c(=O)n(CCN3CCOCC3)ccc12. The normalized spacial score (nSPS) is 14.6. The number of hydrogen-bond acceptors (Lipinski definition) is 4. The first-order valence-corrected chi connectivity index (χ1v) is 10.9. The average molecular weight is 420 g/mol. The summed E-state index contributed by atoms with van der Waals surface area (Å²) in [6, 6.07) is 15.5. The molecule has 3 aromatic rings. The molecule has 0 bridgehead atoms. The Morgan fingerprint density at radius 2 is 1.81 bits per heavy atom. The summed E-state index contributed by atoms with van der Waals surface area (Å²) in [5.41, 5.74) is 3.03. The number of rotatable bonds is 7. The van der Waals surface area contributed by atoms with Gasteiger partial charge in [-0.3, -0.25) is 14.5 Å². The van der Waals surface area contributed by atoms with Crippen molar-refractivity contribution in [3.8, 4) is 0 Å². The molecule has 0 aliphatic carbocycles. The lowest BCUT2D eigenvalue weighted by molar-refractivity contribution is -0.116. The van der Waals surface area contributed by atoms with Crippen LogP contribution in [0.2, 0.25) is 0 Å². The largest absolute Gasteiger partial charge is 0.379 e. The van der Waals surface area contributed by atoms with Crippen LogP contribution in [-0.4, -0.2) is 48.2 Å². The average Bonchev–Trinajstić information content (AvgIpc) is 2.79. The molecule has 162 valence electrons. The van der Waals surface area contributed by atoms with E-state index >= 15 is 0 Å². The van der Waals surface area contributed by atoms with Gasteiger partial charge in [-0.05, 0) is 42.7 Å². The molecule has 4 rings (SSSR count). The van der Waals surface area contributed by atoms with Gasteiger partial charge in [0.25, 0.3) is 5.56 Å². The van der Waals surface area contributed by atoms with Crippen molar-refractivity contribution in [1.29, 1.82) is 0 Å². The first-order valence-electron chi connectivity index (χ1n) is 10.9. The number of morpholine rings is 1. The van der Waals surface area contributed by atoms with Gasteiger partial charge in [-0.1, -0.05) is 30.3 Å². The van der Waals surface area contributed by atoms with E-state index in [1.54, 1.807) is 4.57 Å². The van der Waals surface area contributed by atoms with Gasteiger partial charge in [-0.15, -0.1) is 0 Å². The number of carbonyl (C=O) groups excluding carboxylic acids is 1. The van der Waals surface area contributed by atoms with Crippen molar-refractivity contribution in [2.45, 2.75) is 26.3 Å². The fraction of sp³-hybridized carbons (Fsp3) is 0.360. The van der Waals surface area contributed by atoms with Gasteiger partial charge in [-0.2, -0.15) is 0 Å². The number of amides is 1. The molecule has 1 fully saturated rings. The lowest BCUT2D eigenvalue weighted by Crippen LogP contribution is -2.39. The molecule has 6 heteroatoms. The number of nitrogens with zero attached hydrogens (tertiary/aromatic N) is 2. The topological polar surface area (TPSA) is 63.6 Å². The molecule has 1 saturated heterocycles. The fourth-order valence-corrected chi connectivity index (χ4v) is 4.03. The molecular weight excluding hydrogens is 390 g/mol. The van der Waals surface area contributed by atoms with E-state index in [0.717, 1.165) is 38.2 Å². The summed E-state index contributed by atoms with van der Waals surface area (Å²) >= 11 is 0. The zero-order valence-electron chi connectivity index (χ0n) is 18.0. The van der Waals surface area contributed by atoms with Crippen LogP contribution in [0.1, 0.15) is 17.5 Å². The Balaban J connectivity index is 1.44. The molecule has 2 aromatic carbocycles. The van der Waals surface area contributed by atoms with Crippen LogP contribution in [0.5, 0.6) is 0 Å². The quantitative estimate of drug-likeness (QED) is 0.639. The third-order valence-corrected chi connectivity index (χ3v) is 5.94. The number of hydrogen-bond donors (Lipinski definition) is 1. The first kappa shape index (κ1) is 21.3. The predicted octanol–water partition coefficient (Wildman–Crippen LogP) is 3.21. The first-order chi connectivity index (χ1) is 15.1. The molecule has 0 saturated carbocycles. The molecule has 1 aliphatic heterocycles. The lowest BCUT2D eigenvalue weighted by atomic mass is 10.0. The number of fused-ring (bicyclic) bond motifs is 1. The van der Waals surface area contributed by atoms with Crippen LogP contribution in [0.3, 0.4) is 0 Å². The van der Waals surface area contributed by atoms with E-state index in [9.17, 15) is 9.59 Å². The molecule has 0 atom stereocenters. The van der Waals surface area contributed by atoms with Crippen molar-refractivity contribution in [2.24, 2.45) is 0 Å². The summed E-state index contributed by atoms with van der Waals surface area (Å²) in [6.45, 7) is 6.83. The number of benzene rings is 2. The maximum atomic E-state index is 13.0. The predicted molar refractivity (Wildman–Crippen MR) is 124 cm³/mol. The number of nitrogens with one attached hydrogen (secondary N) is 1. The minimum Gasteiger partial charge on any atom is -0.379 e. The molecular formula is C25H29N3O3. The third-order valence-electron chi connectivity index (χ3n) is 5.94. The van der Waals surface area contributed by atoms with Crippen molar-refractivity contribution in [3.05, 3.63) is 76.2 Å². The summed E-state index contributed by atoms with van der Waals surface area (Å²) in [5, 5.41) is 4.40. The molecule has 2 heterocycles. The summed E-state index contributed by atoms with van der Waals surface area (Å²) in [7, 11) is 0. The van der Waals surface area contributed by atoms with E-state index in [1.165, 1.54) is 11.1 Å². The van der Waals surface area contributed by atoms with Gasteiger partial charge in [0.2, 0.25) is 5.91 Å². The zero-order chi connectivity index (χ0) is 21.6. The second kappa shape index (κ2) is 9.90. The Bertz CT molecular complexity index is 1120. The zero-order valence-corrected chi connectivity index (χ0v) is 18.0. The summed E-state index contributed by atoms with van der Waals surface area (Å²) < 4.78 is 7.13. The summed E-state index contributed by atoms with van der Waals surface area (Å²) in [6.07, 6.45) is 2.92. The van der Waals surface area contributed by atoms with E-state index in [0.29, 0.717) is 30.5 Å². The Morgan fingerprint density at radius 1 is 1.00 bits per heavy atom. The number of anilines is 1. The molecule has 1 aromatic heterocycles. The van der Waals surface area contributed by atoms with E-state index in [-0.39, 0.29) is 11.5 Å². The Labute approximate surface area is 182 Å². The van der Waals surface area contributed by atoms with Crippen LogP contribution in [0.25, 0.3) is 10.8 Å². The molecule has 0 spiro atoms. The third kappa shape index (κ3) is 5.21. The van der Waals surface area contributed by atoms with Crippen LogP contribution in [0.15, 0.2) is 59.5 Å². The van der Waals surface area contributed by atoms with Crippen LogP contribution < -0.4 is 10.9 Å². The molecule has 1 amide bonds. The van der Waals surface area contributed by atoms with Gasteiger partial charge < -0.3 is 14.6 Å². The number of aryl methyl sites for hydroxylation is 2. The summed E-state index contributed by atoms with van der Waals surface area (Å²) in [4.78, 5) is 27.9. The van der Waals surface area contributed by atoms with E-state index < -0.39 is 0 Å². The van der Waals surface area contributed by atoms with Crippen molar-refractivity contribution in [3.63, 3.8) is 0 Å². The van der Waals surface area contributed by atoms with Crippen LogP contribution in [0, 0.1) is 6.92 Å². The molecule has 0 unspecified atom stereocenters. The molecule has 1 N–H and O–H groups in total. The molecule has 0 radical (unpaired) electrons. The minimum absolute atomic E-state index is 0.0261. The maximum Gasteiger partial charge on any atom is 0.258 e. The highest BCUT2D eigenvalue weighted by Crippen LogP contribution is 2.21. The van der Waals surface area contributed by atoms with Gasteiger partial charge in [0, 0.05) is 55.3 Å². The molecule has 6 nitrogen and oxygen atoms in total. The second-order valence-corrected chi connectivity index (χ2v) is 8.01. The highest BCUT2D eigenvalue weighted by atomic mass is 16.5. The van der Waals surface area contributed by atoms with Gasteiger partial charge in [0.15, 0.2) is 0 Å². The number of pyridine rings is 1. The van der Waals surface area contributed by atoms with E-state index in [2.05, 4.69) is 29.3 Å². The highest BCUT2D eigenvalue weighted by Gasteiger charge is 2.12. The highest BCUT2D eigenvalue weighted by molar-refractivity contribution is 6.01. The van der Waals surface area contributed by atoms with Crippen LogP contribution in [-0.2, 0) is 22.5 Å². The van der Waals surface area contributed by atoms with Crippen molar-refractivity contribution in [2.75, 3.05) is 38.2 Å². The Hall–Kier alpha value is -2.96. The number of ether oxygens (including phenoxy) is 1. The summed E-state index contributed by atoms with van der Waals surface area (Å²) in [5.74, 6) is -0.0488. The number of aromatic nitrogens is 1. The van der Waals surface area contributed by atoms with Gasteiger partial charge in [0.1, 0.15) is 0 Å². The second-order valence-electron chi connectivity index (χ2n) is 8.01. The fourth-order valence-electron chi connectivity index (χ4n) is 4.03.